The molecule has 152 valence electrons. The first-order valence-electron chi connectivity index (χ1n) is 7.89. The van der Waals surface area contributed by atoms with Crippen molar-refractivity contribution in [2.24, 2.45) is 4.99 Å². The third kappa shape index (κ3) is 5.12. The van der Waals surface area contributed by atoms with E-state index in [4.69, 9.17) is 9.79 Å². The zero-order chi connectivity index (χ0) is 21.2. The standard InChI is InChI=1S/C16H20N2O8P2/c1-11-15(19)14(12(8-17-11)10-26-28(23,24)25)9-18-16(2,27(20,21)22)13-6-4-3-5-7-13/h3-9,19H,10H2,1-2H3,(H2,20,21,22)(H2,23,24,25)/t16-/m1/s1. The third-order valence-corrected chi connectivity index (χ3v) is 6.05. The topological polar surface area (TPSA) is 170 Å². The van der Waals surface area contributed by atoms with Gasteiger partial charge < -0.3 is 24.7 Å². The number of rotatable bonds is 7. The van der Waals surface area contributed by atoms with E-state index < -0.39 is 27.3 Å². The van der Waals surface area contributed by atoms with Gasteiger partial charge in [-0.25, -0.2) is 4.57 Å². The lowest BCUT2D eigenvalue weighted by molar-refractivity contribution is 0.188. The number of aromatic nitrogens is 1. The predicted octanol–water partition coefficient (Wildman–Crippen LogP) is 2.17. The number of phosphoric acid groups is 1. The number of aryl methyl sites for hydroxylation is 1. The fraction of sp³-hybridized carbons (Fsp3) is 0.250. The van der Waals surface area contributed by atoms with Gasteiger partial charge in [0.2, 0.25) is 0 Å². The van der Waals surface area contributed by atoms with Crippen molar-refractivity contribution in [2.45, 2.75) is 25.7 Å². The van der Waals surface area contributed by atoms with E-state index >= 15 is 0 Å². The maximum absolute atomic E-state index is 12.1. The van der Waals surface area contributed by atoms with Crippen LogP contribution in [0, 0.1) is 6.92 Å². The molecule has 0 spiro atoms. The van der Waals surface area contributed by atoms with Crippen molar-refractivity contribution in [3.63, 3.8) is 0 Å². The molecule has 0 amide bonds. The molecule has 12 heteroatoms. The zero-order valence-corrected chi connectivity index (χ0v) is 16.8. The Kier molecular flexibility index (Phi) is 6.58. The van der Waals surface area contributed by atoms with Crippen LogP contribution in [0.5, 0.6) is 5.75 Å². The highest BCUT2D eigenvalue weighted by atomic mass is 31.2. The van der Waals surface area contributed by atoms with Gasteiger partial charge in [0, 0.05) is 23.5 Å². The second-order valence-electron chi connectivity index (χ2n) is 6.08. The van der Waals surface area contributed by atoms with Gasteiger partial charge in [0.1, 0.15) is 5.75 Å². The Morgan fingerprint density at radius 1 is 1.18 bits per heavy atom. The molecule has 0 unspecified atom stereocenters. The van der Waals surface area contributed by atoms with Gasteiger partial charge in [-0.3, -0.25) is 19.1 Å². The van der Waals surface area contributed by atoms with E-state index in [1.54, 1.807) is 18.2 Å². The quantitative estimate of drug-likeness (QED) is 0.326. The monoisotopic (exact) mass is 430 g/mol. The molecule has 5 N–H and O–H groups in total. The molecule has 0 bridgehead atoms. The molecule has 2 rings (SSSR count). The van der Waals surface area contributed by atoms with Crippen LogP contribution in [0.2, 0.25) is 0 Å². The fourth-order valence-electron chi connectivity index (χ4n) is 2.33. The molecule has 0 radical (unpaired) electrons. The van der Waals surface area contributed by atoms with Crippen LogP contribution >= 0.6 is 15.4 Å². The second-order valence-corrected chi connectivity index (χ2v) is 9.28. The predicted molar refractivity (Wildman–Crippen MR) is 101 cm³/mol. The normalized spacial score (nSPS) is 14.9. The minimum Gasteiger partial charge on any atom is -0.505 e. The van der Waals surface area contributed by atoms with Gasteiger partial charge in [0.05, 0.1) is 12.3 Å². The first kappa shape index (κ1) is 22.4. The molecule has 0 saturated heterocycles. The van der Waals surface area contributed by atoms with Crippen molar-refractivity contribution in [1.29, 1.82) is 0 Å². The SMILES string of the molecule is Cc1ncc(COP(=O)(O)O)c(C=N[C@@](C)(c2ccccc2)P(=O)(O)O)c1O. The summed E-state index contributed by atoms with van der Waals surface area (Å²) in [6, 6.07) is 7.90. The van der Waals surface area contributed by atoms with Crippen LogP contribution in [0.3, 0.4) is 0 Å². The number of benzene rings is 1. The van der Waals surface area contributed by atoms with Gasteiger partial charge in [-0.05, 0) is 19.4 Å². The molecule has 28 heavy (non-hydrogen) atoms. The van der Waals surface area contributed by atoms with Crippen LogP contribution in [-0.2, 0) is 25.5 Å². The molecule has 0 saturated carbocycles. The molecule has 0 aliphatic rings. The number of aromatic hydroxyl groups is 1. The maximum Gasteiger partial charge on any atom is 0.469 e. The lowest BCUT2D eigenvalue weighted by Crippen LogP contribution is -2.20. The van der Waals surface area contributed by atoms with Gasteiger partial charge in [0.25, 0.3) is 0 Å². The van der Waals surface area contributed by atoms with E-state index in [2.05, 4.69) is 14.5 Å². The summed E-state index contributed by atoms with van der Waals surface area (Å²) in [5.74, 6) is -0.350. The molecule has 0 aliphatic heterocycles. The van der Waals surface area contributed by atoms with Crippen molar-refractivity contribution < 1.29 is 38.3 Å². The maximum atomic E-state index is 12.1. The smallest absolute Gasteiger partial charge is 0.469 e. The molecule has 10 nitrogen and oxygen atoms in total. The van der Waals surface area contributed by atoms with E-state index in [1.807, 2.05) is 0 Å². The van der Waals surface area contributed by atoms with Crippen molar-refractivity contribution in [1.82, 2.24) is 4.98 Å². The summed E-state index contributed by atoms with van der Waals surface area (Å²) < 4.78 is 27.5. The summed E-state index contributed by atoms with van der Waals surface area (Å²) in [5, 5.41) is 8.34. The number of pyridine rings is 1. The number of nitrogens with zero attached hydrogens (tertiary/aromatic N) is 2. The number of hydrogen-bond donors (Lipinski definition) is 5. The number of aliphatic imine (C=N–C) groups is 1. The molecule has 0 fully saturated rings. The molecular formula is C16H20N2O8P2. The first-order chi connectivity index (χ1) is 12.8. The summed E-state index contributed by atoms with van der Waals surface area (Å²) >= 11 is 0. The number of phosphoric ester groups is 1. The zero-order valence-electron chi connectivity index (χ0n) is 15.0. The van der Waals surface area contributed by atoms with E-state index in [-0.39, 0.29) is 28.1 Å². The van der Waals surface area contributed by atoms with Crippen LogP contribution in [0.4, 0.5) is 0 Å². The number of hydrogen-bond acceptors (Lipinski definition) is 6. The van der Waals surface area contributed by atoms with Crippen LogP contribution in [0.15, 0.2) is 41.5 Å². The van der Waals surface area contributed by atoms with Crippen molar-refractivity contribution in [3.05, 3.63) is 58.9 Å². The second kappa shape index (κ2) is 8.23. The minimum atomic E-state index is -4.78. The highest BCUT2D eigenvalue weighted by Gasteiger charge is 2.43. The molecular weight excluding hydrogens is 410 g/mol. The Balaban J connectivity index is 2.55. The summed E-state index contributed by atoms with van der Waals surface area (Å²) in [6.45, 7) is 2.14. The van der Waals surface area contributed by atoms with E-state index in [9.17, 15) is 24.0 Å². The lowest BCUT2D eigenvalue weighted by atomic mass is 10.1. The van der Waals surface area contributed by atoms with Crippen LogP contribution < -0.4 is 0 Å². The van der Waals surface area contributed by atoms with Crippen molar-refractivity contribution >= 4 is 21.6 Å². The lowest BCUT2D eigenvalue weighted by Gasteiger charge is -2.26. The largest absolute Gasteiger partial charge is 0.505 e. The van der Waals surface area contributed by atoms with Crippen molar-refractivity contribution in [2.75, 3.05) is 0 Å². The fourth-order valence-corrected chi connectivity index (χ4v) is 3.33. The van der Waals surface area contributed by atoms with Crippen LogP contribution in [0.1, 0.15) is 29.3 Å². The first-order valence-corrected chi connectivity index (χ1v) is 11.0. The Morgan fingerprint density at radius 3 is 2.32 bits per heavy atom. The van der Waals surface area contributed by atoms with Crippen LogP contribution in [0.25, 0.3) is 0 Å². The van der Waals surface area contributed by atoms with Gasteiger partial charge in [0.15, 0.2) is 5.28 Å². The van der Waals surface area contributed by atoms with Crippen molar-refractivity contribution in [3.8, 4) is 5.75 Å². The molecule has 1 atom stereocenters. The Hall–Kier alpha value is -1.90. The average molecular weight is 430 g/mol. The Morgan fingerprint density at radius 2 is 1.79 bits per heavy atom. The highest BCUT2D eigenvalue weighted by molar-refractivity contribution is 7.53. The van der Waals surface area contributed by atoms with Gasteiger partial charge in [-0.1, -0.05) is 30.3 Å². The van der Waals surface area contributed by atoms with E-state index in [1.165, 1.54) is 32.2 Å². The third-order valence-electron chi connectivity index (χ3n) is 4.08. The molecule has 0 aliphatic carbocycles. The summed E-state index contributed by atoms with van der Waals surface area (Å²) in [5.41, 5.74) is 0.504. The molecule has 1 heterocycles. The molecule has 2 aromatic rings. The van der Waals surface area contributed by atoms with Gasteiger partial charge in [-0.15, -0.1) is 0 Å². The van der Waals surface area contributed by atoms with Gasteiger partial charge in [-0.2, -0.15) is 0 Å². The van der Waals surface area contributed by atoms with E-state index in [0.717, 1.165) is 6.21 Å². The van der Waals surface area contributed by atoms with Crippen LogP contribution in [-0.4, -0.2) is 35.9 Å². The highest BCUT2D eigenvalue weighted by Crippen LogP contribution is 2.57. The average Bonchev–Trinajstić information content (AvgIpc) is 2.60. The minimum absolute atomic E-state index is 0.0171. The molecule has 1 aromatic carbocycles. The summed E-state index contributed by atoms with van der Waals surface area (Å²) in [4.78, 5) is 45.4. The van der Waals surface area contributed by atoms with Gasteiger partial charge >= 0.3 is 15.4 Å². The molecule has 1 aromatic heterocycles. The summed E-state index contributed by atoms with van der Waals surface area (Å²) in [7, 11) is -9.56. The Bertz CT molecular complexity index is 970. The Labute approximate surface area is 161 Å². The summed E-state index contributed by atoms with van der Waals surface area (Å²) in [6.07, 6.45) is 2.26. The van der Waals surface area contributed by atoms with E-state index in [0.29, 0.717) is 0 Å².